The summed E-state index contributed by atoms with van der Waals surface area (Å²) >= 11 is 3.33. The lowest BCUT2D eigenvalue weighted by molar-refractivity contribution is -0.123. The Kier molecular flexibility index (Phi) is 5.66. The molecule has 0 bridgehead atoms. The standard InChI is InChI=1S/C16H14BrFN2O2/c17-12-4-1-3-11(7-12)8-15(21)19-10-16(22)20-14-6-2-5-13(18)9-14/h1-7,9H,8,10H2,(H,19,21)(H,20,22). The van der Waals surface area contributed by atoms with Gasteiger partial charge in [0.25, 0.3) is 0 Å². The second-order valence-electron chi connectivity index (χ2n) is 4.64. The van der Waals surface area contributed by atoms with Crippen LogP contribution in [0.4, 0.5) is 10.1 Å². The molecule has 0 aliphatic heterocycles. The number of amides is 2. The van der Waals surface area contributed by atoms with E-state index >= 15 is 0 Å². The molecule has 0 unspecified atom stereocenters. The van der Waals surface area contributed by atoms with Crippen molar-refractivity contribution in [2.45, 2.75) is 6.42 Å². The summed E-state index contributed by atoms with van der Waals surface area (Å²) in [7, 11) is 0. The van der Waals surface area contributed by atoms with E-state index < -0.39 is 11.7 Å². The maximum absolute atomic E-state index is 13.0. The highest BCUT2D eigenvalue weighted by molar-refractivity contribution is 9.10. The smallest absolute Gasteiger partial charge is 0.243 e. The van der Waals surface area contributed by atoms with Crippen LogP contribution in [0.2, 0.25) is 0 Å². The molecule has 4 nitrogen and oxygen atoms in total. The number of nitrogens with one attached hydrogen (secondary N) is 2. The highest BCUT2D eigenvalue weighted by Gasteiger charge is 2.07. The van der Waals surface area contributed by atoms with E-state index in [1.165, 1.54) is 18.2 Å². The van der Waals surface area contributed by atoms with E-state index in [1.54, 1.807) is 6.07 Å². The maximum Gasteiger partial charge on any atom is 0.243 e. The molecular weight excluding hydrogens is 351 g/mol. The van der Waals surface area contributed by atoms with Crippen LogP contribution in [0.3, 0.4) is 0 Å². The Morgan fingerprint density at radius 3 is 2.55 bits per heavy atom. The second-order valence-corrected chi connectivity index (χ2v) is 5.56. The number of halogens is 2. The summed E-state index contributed by atoms with van der Waals surface area (Å²) in [5, 5.41) is 5.04. The molecular formula is C16H14BrFN2O2. The molecule has 0 saturated heterocycles. The van der Waals surface area contributed by atoms with Gasteiger partial charge in [-0.15, -0.1) is 0 Å². The molecule has 0 saturated carbocycles. The molecule has 0 heterocycles. The Morgan fingerprint density at radius 2 is 1.82 bits per heavy atom. The zero-order chi connectivity index (χ0) is 15.9. The average molecular weight is 365 g/mol. The Labute approximate surface area is 135 Å². The van der Waals surface area contributed by atoms with E-state index in [9.17, 15) is 14.0 Å². The van der Waals surface area contributed by atoms with Crippen LogP contribution in [-0.2, 0) is 16.0 Å². The van der Waals surface area contributed by atoms with Gasteiger partial charge >= 0.3 is 0 Å². The first kappa shape index (κ1) is 16.2. The van der Waals surface area contributed by atoms with Crippen molar-refractivity contribution < 1.29 is 14.0 Å². The molecule has 22 heavy (non-hydrogen) atoms. The number of benzene rings is 2. The van der Waals surface area contributed by atoms with Crippen LogP contribution in [-0.4, -0.2) is 18.4 Å². The van der Waals surface area contributed by atoms with Gasteiger partial charge in [-0.3, -0.25) is 9.59 Å². The third-order valence-corrected chi connectivity index (χ3v) is 3.30. The van der Waals surface area contributed by atoms with Gasteiger partial charge < -0.3 is 10.6 Å². The van der Waals surface area contributed by atoms with Crippen molar-refractivity contribution in [3.63, 3.8) is 0 Å². The summed E-state index contributed by atoms with van der Waals surface area (Å²) in [6.45, 7) is -0.163. The Hall–Kier alpha value is -2.21. The van der Waals surface area contributed by atoms with E-state index in [4.69, 9.17) is 0 Å². The Balaban J connectivity index is 1.79. The third kappa shape index (κ3) is 5.29. The number of hydrogen-bond acceptors (Lipinski definition) is 2. The number of rotatable bonds is 5. The fourth-order valence-electron chi connectivity index (χ4n) is 1.85. The van der Waals surface area contributed by atoms with Gasteiger partial charge in [0.05, 0.1) is 13.0 Å². The van der Waals surface area contributed by atoms with Crippen LogP contribution in [0.15, 0.2) is 53.0 Å². The van der Waals surface area contributed by atoms with Gasteiger partial charge in [-0.25, -0.2) is 4.39 Å². The van der Waals surface area contributed by atoms with Gasteiger partial charge in [-0.2, -0.15) is 0 Å². The van der Waals surface area contributed by atoms with E-state index in [0.717, 1.165) is 10.0 Å². The molecule has 6 heteroatoms. The van der Waals surface area contributed by atoms with Crippen molar-refractivity contribution in [3.8, 4) is 0 Å². The van der Waals surface area contributed by atoms with Crippen LogP contribution in [0.25, 0.3) is 0 Å². The predicted molar refractivity (Wildman–Crippen MR) is 85.9 cm³/mol. The number of carbonyl (C=O) groups is 2. The minimum absolute atomic E-state index is 0.163. The molecule has 2 rings (SSSR count). The number of hydrogen-bond donors (Lipinski definition) is 2. The summed E-state index contributed by atoms with van der Waals surface area (Å²) < 4.78 is 13.9. The maximum atomic E-state index is 13.0. The van der Waals surface area contributed by atoms with E-state index in [-0.39, 0.29) is 18.9 Å². The SMILES string of the molecule is O=C(Cc1cccc(Br)c1)NCC(=O)Nc1cccc(F)c1. The normalized spacial score (nSPS) is 10.1. The third-order valence-electron chi connectivity index (χ3n) is 2.81. The van der Waals surface area contributed by atoms with Crippen LogP contribution in [0, 0.1) is 5.82 Å². The molecule has 2 aromatic carbocycles. The number of anilines is 1. The van der Waals surface area contributed by atoms with E-state index in [2.05, 4.69) is 26.6 Å². The van der Waals surface area contributed by atoms with Crippen molar-refractivity contribution in [1.29, 1.82) is 0 Å². The van der Waals surface area contributed by atoms with Gasteiger partial charge in [0.1, 0.15) is 5.82 Å². The minimum atomic E-state index is -0.434. The zero-order valence-electron chi connectivity index (χ0n) is 11.6. The molecule has 2 aromatic rings. The first-order valence-electron chi connectivity index (χ1n) is 6.59. The number of carbonyl (C=O) groups excluding carboxylic acids is 2. The van der Waals surface area contributed by atoms with Crippen LogP contribution < -0.4 is 10.6 Å². The minimum Gasteiger partial charge on any atom is -0.347 e. The summed E-state index contributed by atoms with van der Waals surface area (Å²) in [5.41, 5.74) is 1.20. The molecule has 0 spiro atoms. The van der Waals surface area contributed by atoms with Crippen LogP contribution >= 0.6 is 15.9 Å². The van der Waals surface area contributed by atoms with Gasteiger partial charge in [0.15, 0.2) is 0 Å². The van der Waals surface area contributed by atoms with Crippen molar-refractivity contribution in [3.05, 3.63) is 64.4 Å². The second kappa shape index (κ2) is 7.70. The monoisotopic (exact) mass is 364 g/mol. The van der Waals surface area contributed by atoms with Gasteiger partial charge in [-0.05, 0) is 35.9 Å². The highest BCUT2D eigenvalue weighted by Crippen LogP contribution is 2.12. The quantitative estimate of drug-likeness (QED) is 0.856. The van der Waals surface area contributed by atoms with Crippen molar-refractivity contribution in [2.24, 2.45) is 0 Å². The Morgan fingerprint density at radius 1 is 1.05 bits per heavy atom. The molecule has 114 valence electrons. The molecule has 0 radical (unpaired) electrons. The van der Waals surface area contributed by atoms with Gasteiger partial charge in [0.2, 0.25) is 11.8 Å². The van der Waals surface area contributed by atoms with E-state index in [1.807, 2.05) is 24.3 Å². The van der Waals surface area contributed by atoms with Gasteiger partial charge in [0, 0.05) is 10.2 Å². The molecule has 0 aliphatic carbocycles. The highest BCUT2D eigenvalue weighted by atomic mass is 79.9. The largest absolute Gasteiger partial charge is 0.347 e. The van der Waals surface area contributed by atoms with Crippen LogP contribution in [0.5, 0.6) is 0 Å². The van der Waals surface area contributed by atoms with Crippen molar-refractivity contribution in [2.75, 3.05) is 11.9 Å². The predicted octanol–water partition coefficient (Wildman–Crippen LogP) is 2.89. The van der Waals surface area contributed by atoms with Crippen LogP contribution in [0.1, 0.15) is 5.56 Å². The Bertz CT molecular complexity index is 632. The summed E-state index contributed by atoms with van der Waals surface area (Å²) in [4.78, 5) is 23.4. The molecule has 0 aromatic heterocycles. The topological polar surface area (TPSA) is 58.2 Å². The fourth-order valence-corrected chi connectivity index (χ4v) is 2.29. The molecule has 0 aliphatic rings. The fraction of sp³-hybridized carbons (Fsp3) is 0.125. The summed E-state index contributed by atoms with van der Waals surface area (Å²) in [5.74, 6) is -1.10. The summed E-state index contributed by atoms with van der Waals surface area (Å²) in [6, 6.07) is 12.9. The first-order chi connectivity index (χ1) is 10.5. The lowest BCUT2D eigenvalue weighted by Crippen LogP contribution is -2.33. The van der Waals surface area contributed by atoms with Crippen molar-refractivity contribution >= 4 is 33.4 Å². The lowest BCUT2D eigenvalue weighted by Gasteiger charge is -2.07. The zero-order valence-corrected chi connectivity index (χ0v) is 13.2. The van der Waals surface area contributed by atoms with Gasteiger partial charge in [-0.1, -0.05) is 34.1 Å². The first-order valence-corrected chi connectivity index (χ1v) is 7.39. The lowest BCUT2D eigenvalue weighted by atomic mass is 10.1. The average Bonchev–Trinajstić information content (AvgIpc) is 2.45. The molecule has 0 fully saturated rings. The van der Waals surface area contributed by atoms with Crippen molar-refractivity contribution in [1.82, 2.24) is 5.32 Å². The molecule has 2 amide bonds. The summed E-state index contributed by atoms with van der Waals surface area (Å²) in [6.07, 6.45) is 0.187. The molecule has 0 atom stereocenters. The molecule has 2 N–H and O–H groups in total. The van der Waals surface area contributed by atoms with E-state index in [0.29, 0.717) is 5.69 Å².